The molecule has 0 saturated heterocycles. The number of carboxylic acids is 1. The molecule has 182 valence electrons. The van der Waals surface area contributed by atoms with Crippen LogP contribution in [0, 0.1) is 0 Å². The molecule has 34 heavy (non-hydrogen) atoms. The van der Waals surface area contributed by atoms with Crippen LogP contribution < -0.4 is 34.3 Å². The minimum atomic E-state index is -1.24. The zero-order chi connectivity index (χ0) is 25.3. The first kappa shape index (κ1) is 25.8. The average molecular weight is 474 g/mol. The molecule has 0 saturated carbocycles. The van der Waals surface area contributed by atoms with E-state index in [4.69, 9.17) is 28.8 Å². The van der Waals surface area contributed by atoms with E-state index < -0.39 is 24.3 Å². The normalized spacial score (nSPS) is 10.7. The molecule has 2 aromatic carbocycles. The number of rotatable bonds is 11. The zero-order valence-electron chi connectivity index (χ0n) is 19.4. The zero-order valence-corrected chi connectivity index (χ0v) is 19.4. The Morgan fingerprint density at radius 2 is 1.47 bits per heavy atom. The molecule has 0 bridgehead atoms. The highest BCUT2D eigenvalue weighted by Crippen LogP contribution is 2.38. The summed E-state index contributed by atoms with van der Waals surface area (Å²) in [7, 11) is 7.16. The number of hydrogen-bond donors (Lipinski definition) is 3. The molecule has 2 rings (SSSR count). The van der Waals surface area contributed by atoms with E-state index in [2.05, 4.69) is 10.6 Å². The number of carbonyl (C=O) groups excluding carboxylic acids is 2. The van der Waals surface area contributed by atoms with Crippen molar-refractivity contribution in [3.8, 4) is 28.7 Å². The van der Waals surface area contributed by atoms with Gasteiger partial charge in [-0.05, 0) is 30.3 Å². The standard InChI is InChI=1S/C23H26N2O9/c1-30-15-7-6-13(17(11-15)31-2)8-16(23(29)24-12-20(26)27)25-22(28)14-9-18(32-3)21(34-5)19(10-14)33-4/h6-11H,12H2,1-5H3,(H,24,29)(H,25,28)(H,26,27)/b16-8+. The van der Waals surface area contributed by atoms with Crippen molar-refractivity contribution >= 4 is 23.9 Å². The number of ether oxygens (including phenoxy) is 5. The first-order chi connectivity index (χ1) is 16.3. The molecular formula is C23H26N2O9. The molecule has 0 spiro atoms. The van der Waals surface area contributed by atoms with Gasteiger partial charge in [0.1, 0.15) is 23.7 Å². The van der Waals surface area contributed by atoms with Crippen molar-refractivity contribution in [2.45, 2.75) is 0 Å². The Bertz CT molecular complexity index is 1070. The highest BCUT2D eigenvalue weighted by atomic mass is 16.5. The van der Waals surface area contributed by atoms with Crippen molar-refractivity contribution < 1.29 is 43.2 Å². The van der Waals surface area contributed by atoms with Crippen LogP contribution in [0.15, 0.2) is 36.0 Å². The van der Waals surface area contributed by atoms with E-state index in [1.165, 1.54) is 53.8 Å². The Balaban J connectivity index is 2.49. The van der Waals surface area contributed by atoms with Gasteiger partial charge in [0.2, 0.25) is 5.75 Å². The predicted octanol–water partition coefficient (Wildman–Crippen LogP) is 1.70. The summed E-state index contributed by atoms with van der Waals surface area (Å²) in [4.78, 5) is 36.6. The van der Waals surface area contributed by atoms with Gasteiger partial charge >= 0.3 is 5.97 Å². The van der Waals surface area contributed by atoms with Gasteiger partial charge in [-0.3, -0.25) is 14.4 Å². The van der Waals surface area contributed by atoms with E-state index >= 15 is 0 Å². The number of hydrogen-bond acceptors (Lipinski definition) is 8. The quantitative estimate of drug-likeness (QED) is 0.415. The maximum atomic E-state index is 13.0. The smallest absolute Gasteiger partial charge is 0.322 e. The van der Waals surface area contributed by atoms with Gasteiger partial charge in [-0.15, -0.1) is 0 Å². The van der Waals surface area contributed by atoms with Gasteiger partial charge in [-0.2, -0.15) is 0 Å². The van der Waals surface area contributed by atoms with Crippen LogP contribution in [0.2, 0.25) is 0 Å². The van der Waals surface area contributed by atoms with Crippen molar-refractivity contribution in [1.82, 2.24) is 10.6 Å². The third-order valence-electron chi connectivity index (χ3n) is 4.56. The van der Waals surface area contributed by atoms with E-state index in [9.17, 15) is 14.4 Å². The molecule has 2 amide bonds. The number of amides is 2. The van der Waals surface area contributed by atoms with Gasteiger partial charge in [0.15, 0.2) is 11.5 Å². The number of carbonyl (C=O) groups is 3. The fourth-order valence-corrected chi connectivity index (χ4v) is 2.91. The number of methoxy groups -OCH3 is 5. The van der Waals surface area contributed by atoms with Crippen LogP contribution in [-0.4, -0.2) is 65.0 Å². The molecule has 3 N–H and O–H groups in total. The fourth-order valence-electron chi connectivity index (χ4n) is 2.91. The van der Waals surface area contributed by atoms with Crippen LogP contribution in [0.4, 0.5) is 0 Å². The second kappa shape index (κ2) is 12.0. The Morgan fingerprint density at radius 1 is 0.853 bits per heavy atom. The Kier molecular flexibility index (Phi) is 9.12. The minimum absolute atomic E-state index is 0.105. The van der Waals surface area contributed by atoms with Crippen molar-refractivity contribution in [3.63, 3.8) is 0 Å². The second-order valence-corrected chi connectivity index (χ2v) is 6.61. The molecule has 0 aliphatic rings. The van der Waals surface area contributed by atoms with E-state index in [1.807, 2.05) is 0 Å². The van der Waals surface area contributed by atoms with Gasteiger partial charge in [0.25, 0.3) is 11.8 Å². The SMILES string of the molecule is COc1ccc(/C=C(/NC(=O)c2cc(OC)c(OC)c(OC)c2)C(=O)NCC(=O)O)c(OC)c1. The number of carboxylic acid groups (broad SMARTS) is 1. The molecule has 11 nitrogen and oxygen atoms in total. The van der Waals surface area contributed by atoms with Crippen LogP contribution in [0.25, 0.3) is 6.08 Å². The molecule has 0 fully saturated rings. The van der Waals surface area contributed by atoms with Crippen LogP contribution in [0.1, 0.15) is 15.9 Å². The monoisotopic (exact) mass is 474 g/mol. The first-order valence-electron chi connectivity index (χ1n) is 9.83. The second-order valence-electron chi connectivity index (χ2n) is 6.61. The van der Waals surface area contributed by atoms with Crippen molar-refractivity contribution in [3.05, 3.63) is 47.2 Å². The Labute approximate surface area is 196 Å². The van der Waals surface area contributed by atoms with Crippen LogP contribution >= 0.6 is 0 Å². The molecule has 0 aliphatic heterocycles. The summed E-state index contributed by atoms with van der Waals surface area (Å²) >= 11 is 0. The maximum Gasteiger partial charge on any atom is 0.322 e. The molecule has 0 unspecified atom stereocenters. The van der Waals surface area contributed by atoms with Crippen molar-refractivity contribution in [1.29, 1.82) is 0 Å². The highest BCUT2D eigenvalue weighted by molar-refractivity contribution is 6.06. The molecular weight excluding hydrogens is 448 g/mol. The van der Waals surface area contributed by atoms with Gasteiger partial charge in [0, 0.05) is 17.2 Å². The fraction of sp³-hybridized carbons (Fsp3) is 0.261. The number of aliphatic carboxylic acids is 1. The van der Waals surface area contributed by atoms with Crippen LogP contribution in [-0.2, 0) is 9.59 Å². The van der Waals surface area contributed by atoms with Gasteiger partial charge in [-0.1, -0.05) is 0 Å². The lowest BCUT2D eigenvalue weighted by Gasteiger charge is -2.15. The summed E-state index contributed by atoms with van der Waals surface area (Å²) in [6, 6.07) is 7.68. The molecule has 11 heteroatoms. The van der Waals surface area contributed by atoms with Gasteiger partial charge in [0.05, 0.1) is 35.5 Å². The van der Waals surface area contributed by atoms with Crippen molar-refractivity contribution in [2.75, 3.05) is 42.1 Å². The molecule has 0 aromatic heterocycles. The van der Waals surface area contributed by atoms with E-state index in [0.717, 1.165) is 0 Å². The van der Waals surface area contributed by atoms with E-state index in [-0.39, 0.29) is 22.8 Å². The maximum absolute atomic E-state index is 13.0. The molecule has 0 heterocycles. The molecule has 2 aromatic rings. The predicted molar refractivity (Wildman–Crippen MR) is 122 cm³/mol. The van der Waals surface area contributed by atoms with Crippen LogP contribution in [0.3, 0.4) is 0 Å². The van der Waals surface area contributed by atoms with Gasteiger partial charge < -0.3 is 39.4 Å². The largest absolute Gasteiger partial charge is 0.497 e. The molecule has 0 atom stereocenters. The lowest BCUT2D eigenvalue weighted by Crippen LogP contribution is -2.37. The summed E-state index contributed by atoms with van der Waals surface area (Å²) in [5, 5.41) is 13.6. The third-order valence-corrected chi connectivity index (χ3v) is 4.56. The summed E-state index contributed by atoms with van der Waals surface area (Å²) in [6.45, 7) is -0.643. The summed E-state index contributed by atoms with van der Waals surface area (Å²) in [5.41, 5.74) is 0.325. The summed E-state index contributed by atoms with van der Waals surface area (Å²) in [5.74, 6) is -1.08. The molecule has 0 aliphatic carbocycles. The summed E-state index contributed by atoms with van der Waals surface area (Å²) < 4.78 is 26.3. The van der Waals surface area contributed by atoms with Crippen LogP contribution in [0.5, 0.6) is 28.7 Å². The summed E-state index contributed by atoms with van der Waals surface area (Å²) in [6.07, 6.45) is 1.35. The third kappa shape index (κ3) is 6.31. The Morgan fingerprint density at radius 3 is 1.97 bits per heavy atom. The van der Waals surface area contributed by atoms with Crippen molar-refractivity contribution in [2.24, 2.45) is 0 Å². The minimum Gasteiger partial charge on any atom is -0.497 e. The topological polar surface area (TPSA) is 142 Å². The lowest BCUT2D eigenvalue weighted by atomic mass is 10.1. The number of benzene rings is 2. The van der Waals surface area contributed by atoms with E-state index in [0.29, 0.717) is 22.8 Å². The highest BCUT2D eigenvalue weighted by Gasteiger charge is 2.20. The van der Waals surface area contributed by atoms with E-state index in [1.54, 1.807) is 18.2 Å². The van der Waals surface area contributed by atoms with Gasteiger partial charge in [-0.25, -0.2) is 0 Å². The molecule has 0 radical (unpaired) electrons. The lowest BCUT2D eigenvalue weighted by molar-refractivity contribution is -0.137. The number of nitrogens with one attached hydrogen (secondary N) is 2. The first-order valence-corrected chi connectivity index (χ1v) is 9.83. The average Bonchev–Trinajstić information content (AvgIpc) is 2.85. The Hall–Kier alpha value is -4.41.